The van der Waals surface area contributed by atoms with Gasteiger partial charge >= 0.3 is 0 Å². The summed E-state index contributed by atoms with van der Waals surface area (Å²) in [5.74, 6) is 0. The summed E-state index contributed by atoms with van der Waals surface area (Å²) in [7, 11) is 0. The van der Waals surface area contributed by atoms with Crippen molar-refractivity contribution < 1.29 is 0 Å². The molecule has 0 bridgehead atoms. The Kier molecular flexibility index (Phi) is 5.22. The summed E-state index contributed by atoms with van der Waals surface area (Å²) in [6.07, 6.45) is 7.82. The van der Waals surface area contributed by atoms with E-state index >= 15 is 0 Å². The lowest BCUT2D eigenvalue weighted by molar-refractivity contribution is 0.0798. The highest BCUT2D eigenvalue weighted by Crippen LogP contribution is 2.27. The molecule has 2 unspecified atom stereocenters. The van der Waals surface area contributed by atoms with Crippen LogP contribution in [0.1, 0.15) is 37.8 Å². The number of aromatic nitrogens is 1. The molecular weight excluding hydrogens is 260 g/mol. The fraction of sp³-hybridized carbons (Fsp3) is 0.706. The van der Waals surface area contributed by atoms with E-state index < -0.39 is 0 Å². The highest BCUT2D eigenvalue weighted by molar-refractivity contribution is 5.17. The number of piperazine rings is 1. The van der Waals surface area contributed by atoms with Gasteiger partial charge in [-0.05, 0) is 50.0 Å². The van der Waals surface area contributed by atoms with Crippen LogP contribution >= 0.6 is 0 Å². The number of hydrogen-bond acceptors (Lipinski definition) is 4. The summed E-state index contributed by atoms with van der Waals surface area (Å²) in [4.78, 5) is 9.56. The maximum atomic E-state index is 4.20. The van der Waals surface area contributed by atoms with E-state index in [1.165, 1.54) is 44.5 Å². The molecule has 0 saturated carbocycles. The van der Waals surface area contributed by atoms with Crippen LogP contribution in [0.2, 0.25) is 0 Å². The molecule has 4 nitrogen and oxygen atoms in total. The van der Waals surface area contributed by atoms with E-state index in [9.17, 15) is 0 Å². The standard InChI is InChI=1S/C17H28N4/c1-2-16-13-19-9-12-21(16)17(14-20-10-3-4-11-20)15-5-7-18-8-6-15/h5-8,16-17,19H,2-4,9-14H2,1H3. The van der Waals surface area contributed by atoms with E-state index in [0.717, 1.165) is 19.6 Å². The maximum absolute atomic E-state index is 4.20. The summed E-state index contributed by atoms with van der Waals surface area (Å²) in [6, 6.07) is 5.57. The van der Waals surface area contributed by atoms with Gasteiger partial charge in [0.1, 0.15) is 0 Å². The monoisotopic (exact) mass is 288 g/mol. The van der Waals surface area contributed by atoms with Gasteiger partial charge in [-0.2, -0.15) is 0 Å². The van der Waals surface area contributed by atoms with E-state index in [2.05, 4.69) is 39.2 Å². The Morgan fingerprint density at radius 2 is 2.00 bits per heavy atom. The van der Waals surface area contributed by atoms with Crippen LogP contribution in [0.25, 0.3) is 0 Å². The van der Waals surface area contributed by atoms with Crippen molar-refractivity contribution in [2.75, 3.05) is 39.3 Å². The first-order valence-electron chi connectivity index (χ1n) is 8.47. The summed E-state index contributed by atoms with van der Waals surface area (Å²) in [5, 5.41) is 3.55. The molecule has 0 aliphatic carbocycles. The second-order valence-corrected chi connectivity index (χ2v) is 6.31. The van der Waals surface area contributed by atoms with Gasteiger partial charge in [0.15, 0.2) is 0 Å². The van der Waals surface area contributed by atoms with E-state index in [0.29, 0.717) is 12.1 Å². The summed E-state index contributed by atoms with van der Waals surface area (Å²) < 4.78 is 0. The summed E-state index contributed by atoms with van der Waals surface area (Å²) in [6.45, 7) is 9.40. The van der Waals surface area contributed by atoms with Gasteiger partial charge in [-0.15, -0.1) is 0 Å². The first-order chi connectivity index (χ1) is 10.4. The molecule has 2 saturated heterocycles. The van der Waals surface area contributed by atoms with E-state index in [-0.39, 0.29) is 0 Å². The molecule has 0 aromatic carbocycles. The lowest BCUT2D eigenvalue weighted by Crippen LogP contribution is -2.53. The minimum Gasteiger partial charge on any atom is -0.314 e. The minimum atomic E-state index is 0.512. The predicted octanol–water partition coefficient (Wildman–Crippen LogP) is 1.90. The molecule has 1 aromatic rings. The molecule has 3 rings (SSSR count). The van der Waals surface area contributed by atoms with Crippen molar-refractivity contribution in [2.45, 2.75) is 38.3 Å². The zero-order valence-corrected chi connectivity index (χ0v) is 13.2. The van der Waals surface area contributed by atoms with Gasteiger partial charge < -0.3 is 10.2 Å². The Hall–Kier alpha value is -0.970. The van der Waals surface area contributed by atoms with Crippen molar-refractivity contribution in [3.8, 4) is 0 Å². The first-order valence-corrected chi connectivity index (χ1v) is 8.47. The Balaban J connectivity index is 1.80. The van der Waals surface area contributed by atoms with Crippen molar-refractivity contribution in [3.05, 3.63) is 30.1 Å². The van der Waals surface area contributed by atoms with E-state index in [1.54, 1.807) is 0 Å². The molecule has 0 amide bonds. The van der Waals surface area contributed by atoms with Gasteiger partial charge in [-0.1, -0.05) is 6.92 Å². The lowest BCUT2D eigenvalue weighted by atomic mass is 10.0. The quantitative estimate of drug-likeness (QED) is 0.897. The number of nitrogens with one attached hydrogen (secondary N) is 1. The molecule has 116 valence electrons. The van der Waals surface area contributed by atoms with Gasteiger partial charge in [0, 0.05) is 50.7 Å². The second-order valence-electron chi connectivity index (χ2n) is 6.31. The third-order valence-corrected chi connectivity index (χ3v) is 4.99. The molecule has 2 aliphatic rings. The van der Waals surface area contributed by atoms with Crippen LogP contribution in [0.3, 0.4) is 0 Å². The largest absolute Gasteiger partial charge is 0.314 e. The molecular formula is C17H28N4. The number of hydrogen-bond donors (Lipinski definition) is 1. The predicted molar refractivity (Wildman–Crippen MR) is 86.3 cm³/mol. The van der Waals surface area contributed by atoms with Crippen molar-refractivity contribution in [1.29, 1.82) is 0 Å². The fourth-order valence-electron chi connectivity index (χ4n) is 3.76. The number of likely N-dealkylation sites (tertiary alicyclic amines) is 1. The highest BCUT2D eigenvalue weighted by Gasteiger charge is 2.30. The topological polar surface area (TPSA) is 31.4 Å². The molecule has 4 heteroatoms. The number of nitrogens with zero attached hydrogens (tertiary/aromatic N) is 3. The minimum absolute atomic E-state index is 0.512. The average molecular weight is 288 g/mol. The zero-order valence-electron chi connectivity index (χ0n) is 13.2. The molecule has 1 N–H and O–H groups in total. The summed E-state index contributed by atoms with van der Waals surface area (Å²) in [5.41, 5.74) is 1.43. The van der Waals surface area contributed by atoms with Crippen molar-refractivity contribution in [3.63, 3.8) is 0 Å². The van der Waals surface area contributed by atoms with Crippen LogP contribution in [0.15, 0.2) is 24.5 Å². The lowest BCUT2D eigenvalue weighted by Gasteiger charge is -2.42. The third-order valence-electron chi connectivity index (χ3n) is 4.99. The molecule has 0 spiro atoms. The smallest absolute Gasteiger partial charge is 0.0480 e. The van der Waals surface area contributed by atoms with Crippen LogP contribution in [0.5, 0.6) is 0 Å². The Bertz CT molecular complexity index is 416. The average Bonchev–Trinajstić information content (AvgIpc) is 3.06. The molecule has 2 atom stereocenters. The van der Waals surface area contributed by atoms with Crippen molar-refractivity contribution >= 4 is 0 Å². The van der Waals surface area contributed by atoms with Gasteiger partial charge in [0.2, 0.25) is 0 Å². The van der Waals surface area contributed by atoms with Crippen molar-refractivity contribution in [2.24, 2.45) is 0 Å². The van der Waals surface area contributed by atoms with E-state index in [1.807, 2.05) is 12.4 Å². The SMILES string of the molecule is CCC1CNCCN1C(CN1CCCC1)c1ccncc1. The van der Waals surface area contributed by atoms with Gasteiger partial charge in [-0.25, -0.2) is 0 Å². The fourth-order valence-corrected chi connectivity index (χ4v) is 3.76. The molecule has 2 fully saturated rings. The zero-order chi connectivity index (χ0) is 14.5. The van der Waals surface area contributed by atoms with Gasteiger partial charge in [0.25, 0.3) is 0 Å². The number of pyridine rings is 1. The van der Waals surface area contributed by atoms with Crippen molar-refractivity contribution in [1.82, 2.24) is 20.1 Å². The van der Waals surface area contributed by atoms with Gasteiger partial charge in [-0.3, -0.25) is 9.88 Å². The van der Waals surface area contributed by atoms with Crippen LogP contribution < -0.4 is 5.32 Å². The molecule has 3 heterocycles. The Morgan fingerprint density at radius 1 is 1.24 bits per heavy atom. The Morgan fingerprint density at radius 3 is 2.71 bits per heavy atom. The van der Waals surface area contributed by atoms with Crippen LogP contribution in [0.4, 0.5) is 0 Å². The third kappa shape index (κ3) is 3.62. The van der Waals surface area contributed by atoms with Crippen LogP contribution in [-0.2, 0) is 0 Å². The number of rotatable bonds is 5. The normalized spacial score (nSPS) is 26.0. The van der Waals surface area contributed by atoms with E-state index in [4.69, 9.17) is 0 Å². The molecule has 0 radical (unpaired) electrons. The summed E-state index contributed by atoms with van der Waals surface area (Å²) >= 11 is 0. The maximum Gasteiger partial charge on any atom is 0.0480 e. The van der Waals surface area contributed by atoms with Gasteiger partial charge in [0.05, 0.1) is 0 Å². The molecule has 21 heavy (non-hydrogen) atoms. The molecule has 2 aliphatic heterocycles. The highest BCUT2D eigenvalue weighted by atomic mass is 15.3. The first kappa shape index (κ1) is 14.9. The second kappa shape index (κ2) is 7.34. The van der Waals surface area contributed by atoms with Crippen LogP contribution in [-0.4, -0.2) is 60.1 Å². The van der Waals surface area contributed by atoms with Crippen LogP contribution in [0, 0.1) is 0 Å². The molecule has 1 aromatic heterocycles. The Labute approximate surface area is 128 Å².